The molecule has 4 rings (SSSR count). The second-order valence-corrected chi connectivity index (χ2v) is 7.18. The van der Waals surface area contributed by atoms with Crippen molar-refractivity contribution in [3.8, 4) is 22.5 Å². The standard InChI is InChI=1S/C26H23N3O2/c1-2-3-13-24-27-25(21-9-5-4-6-10-21)28-29(24)18-19-14-16-20(17-15-19)22-11-7-8-12-23(22)26(30)31/h3-17H,2,18H2,1H3,(H,30,31)/b13-3+. The molecule has 1 N–H and O–H groups in total. The van der Waals surface area contributed by atoms with Crippen molar-refractivity contribution in [2.24, 2.45) is 0 Å². The highest BCUT2D eigenvalue weighted by Crippen LogP contribution is 2.25. The summed E-state index contributed by atoms with van der Waals surface area (Å²) >= 11 is 0. The van der Waals surface area contributed by atoms with Gasteiger partial charge < -0.3 is 5.11 Å². The third kappa shape index (κ3) is 4.61. The van der Waals surface area contributed by atoms with E-state index in [-0.39, 0.29) is 0 Å². The van der Waals surface area contributed by atoms with Crippen molar-refractivity contribution in [3.63, 3.8) is 0 Å². The van der Waals surface area contributed by atoms with Crippen molar-refractivity contribution in [3.05, 3.63) is 102 Å². The van der Waals surface area contributed by atoms with E-state index in [2.05, 4.69) is 13.0 Å². The predicted molar refractivity (Wildman–Crippen MR) is 123 cm³/mol. The van der Waals surface area contributed by atoms with Crippen LogP contribution in [0.2, 0.25) is 0 Å². The van der Waals surface area contributed by atoms with Gasteiger partial charge in [-0.1, -0.05) is 85.8 Å². The van der Waals surface area contributed by atoms with E-state index >= 15 is 0 Å². The van der Waals surface area contributed by atoms with Crippen LogP contribution >= 0.6 is 0 Å². The van der Waals surface area contributed by atoms with Gasteiger partial charge in [0.15, 0.2) is 11.6 Å². The monoisotopic (exact) mass is 409 g/mol. The van der Waals surface area contributed by atoms with Crippen LogP contribution in [-0.4, -0.2) is 25.8 Å². The number of allylic oxidation sites excluding steroid dienone is 1. The third-order valence-electron chi connectivity index (χ3n) is 4.99. The molecule has 31 heavy (non-hydrogen) atoms. The Morgan fingerprint density at radius 2 is 1.65 bits per heavy atom. The molecule has 0 bridgehead atoms. The Balaban J connectivity index is 1.63. The molecular weight excluding hydrogens is 386 g/mol. The zero-order valence-electron chi connectivity index (χ0n) is 17.3. The molecular formula is C26H23N3O2. The fourth-order valence-corrected chi connectivity index (χ4v) is 3.41. The Morgan fingerprint density at radius 3 is 2.35 bits per heavy atom. The number of hydrogen-bond donors (Lipinski definition) is 1. The highest BCUT2D eigenvalue weighted by molar-refractivity contribution is 5.95. The molecule has 0 unspecified atom stereocenters. The minimum Gasteiger partial charge on any atom is -0.478 e. The number of rotatable bonds is 7. The summed E-state index contributed by atoms with van der Waals surface area (Å²) in [6.07, 6.45) is 4.99. The van der Waals surface area contributed by atoms with Crippen LogP contribution in [0.15, 0.2) is 84.9 Å². The van der Waals surface area contributed by atoms with E-state index in [1.54, 1.807) is 12.1 Å². The van der Waals surface area contributed by atoms with Crippen molar-refractivity contribution < 1.29 is 9.90 Å². The van der Waals surface area contributed by atoms with Gasteiger partial charge >= 0.3 is 5.97 Å². The smallest absolute Gasteiger partial charge is 0.336 e. The van der Waals surface area contributed by atoms with Gasteiger partial charge in [-0.25, -0.2) is 14.5 Å². The maximum Gasteiger partial charge on any atom is 0.336 e. The molecule has 0 atom stereocenters. The predicted octanol–water partition coefficient (Wildman–Crippen LogP) is 5.78. The lowest BCUT2D eigenvalue weighted by molar-refractivity contribution is 0.0697. The summed E-state index contributed by atoms with van der Waals surface area (Å²) < 4.78 is 1.90. The van der Waals surface area contributed by atoms with Crippen molar-refractivity contribution >= 4 is 12.0 Å². The zero-order chi connectivity index (χ0) is 21.6. The van der Waals surface area contributed by atoms with Crippen molar-refractivity contribution in [2.75, 3.05) is 0 Å². The normalized spacial score (nSPS) is 11.1. The Labute approximate surface area is 181 Å². The molecule has 0 amide bonds. The molecule has 0 saturated carbocycles. The lowest BCUT2D eigenvalue weighted by Gasteiger charge is -2.08. The summed E-state index contributed by atoms with van der Waals surface area (Å²) in [6, 6.07) is 24.9. The van der Waals surface area contributed by atoms with Gasteiger partial charge in [-0.05, 0) is 35.3 Å². The molecule has 154 valence electrons. The van der Waals surface area contributed by atoms with E-state index < -0.39 is 5.97 Å². The van der Waals surface area contributed by atoms with E-state index in [4.69, 9.17) is 10.1 Å². The van der Waals surface area contributed by atoms with Gasteiger partial charge in [0.1, 0.15) is 0 Å². The lowest BCUT2D eigenvalue weighted by Crippen LogP contribution is -2.04. The molecule has 0 saturated heterocycles. The second-order valence-electron chi connectivity index (χ2n) is 7.18. The molecule has 5 nitrogen and oxygen atoms in total. The molecule has 3 aromatic carbocycles. The van der Waals surface area contributed by atoms with Gasteiger partial charge in [0.25, 0.3) is 0 Å². The van der Waals surface area contributed by atoms with Gasteiger partial charge in [-0.2, -0.15) is 5.10 Å². The summed E-state index contributed by atoms with van der Waals surface area (Å²) in [4.78, 5) is 16.2. The number of carboxylic acids is 1. The third-order valence-corrected chi connectivity index (χ3v) is 4.99. The molecule has 0 aliphatic heterocycles. The van der Waals surface area contributed by atoms with Gasteiger partial charge in [0.2, 0.25) is 0 Å². The first-order valence-corrected chi connectivity index (χ1v) is 10.2. The van der Waals surface area contributed by atoms with Gasteiger partial charge in [-0.3, -0.25) is 0 Å². The fourth-order valence-electron chi connectivity index (χ4n) is 3.41. The van der Waals surface area contributed by atoms with Gasteiger partial charge in [0, 0.05) is 5.56 Å². The number of nitrogens with zero attached hydrogens (tertiary/aromatic N) is 3. The van der Waals surface area contributed by atoms with Gasteiger partial charge in [0.05, 0.1) is 12.1 Å². The Hall–Kier alpha value is -3.99. The average Bonchev–Trinajstić information content (AvgIpc) is 3.21. The first kappa shape index (κ1) is 20.3. The van der Waals surface area contributed by atoms with Crippen molar-refractivity contribution in [2.45, 2.75) is 19.9 Å². The van der Waals surface area contributed by atoms with Crippen LogP contribution in [0.4, 0.5) is 0 Å². The van der Waals surface area contributed by atoms with E-state index in [9.17, 15) is 9.90 Å². The van der Waals surface area contributed by atoms with Crippen LogP contribution in [-0.2, 0) is 6.54 Å². The van der Waals surface area contributed by atoms with Crippen LogP contribution in [0.1, 0.15) is 35.1 Å². The van der Waals surface area contributed by atoms with Crippen LogP contribution in [0.25, 0.3) is 28.6 Å². The zero-order valence-corrected chi connectivity index (χ0v) is 17.3. The molecule has 1 heterocycles. The molecule has 0 fully saturated rings. The topological polar surface area (TPSA) is 68.0 Å². The summed E-state index contributed by atoms with van der Waals surface area (Å²) in [5.74, 6) is 0.576. The van der Waals surface area contributed by atoms with E-state index in [0.29, 0.717) is 23.5 Å². The average molecular weight is 409 g/mol. The van der Waals surface area contributed by atoms with Gasteiger partial charge in [-0.15, -0.1) is 0 Å². The molecule has 0 aliphatic rings. The number of benzene rings is 3. The molecule has 1 aromatic heterocycles. The first-order valence-electron chi connectivity index (χ1n) is 10.2. The number of carboxylic acid groups (broad SMARTS) is 1. The van der Waals surface area contributed by atoms with Crippen LogP contribution in [0.3, 0.4) is 0 Å². The molecule has 0 radical (unpaired) electrons. The molecule has 0 spiro atoms. The minimum absolute atomic E-state index is 0.297. The number of aromatic carboxylic acids is 1. The fraction of sp³-hybridized carbons (Fsp3) is 0.115. The van der Waals surface area contributed by atoms with E-state index in [1.165, 1.54) is 0 Å². The molecule has 5 heteroatoms. The summed E-state index contributed by atoms with van der Waals surface area (Å²) in [7, 11) is 0. The summed E-state index contributed by atoms with van der Waals surface area (Å²) in [6.45, 7) is 2.66. The summed E-state index contributed by atoms with van der Waals surface area (Å²) in [5, 5.41) is 14.2. The largest absolute Gasteiger partial charge is 0.478 e. The number of carbonyl (C=O) groups is 1. The highest BCUT2D eigenvalue weighted by atomic mass is 16.4. The van der Waals surface area contributed by atoms with E-state index in [0.717, 1.165) is 28.9 Å². The van der Waals surface area contributed by atoms with Crippen molar-refractivity contribution in [1.29, 1.82) is 0 Å². The number of aromatic nitrogens is 3. The number of hydrogen-bond acceptors (Lipinski definition) is 3. The van der Waals surface area contributed by atoms with Crippen LogP contribution in [0.5, 0.6) is 0 Å². The van der Waals surface area contributed by atoms with E-state index in [1.807, 2.05) is 77.5 Å². The Bertz CT molecular complexity index is 1210. The van der Waals surface area contributed by atoms with Crippen LogP contribution in [0, 0.1) is 0 Å². The minimum atomic E-state index is -0.928. The second kappa shape index (κ2) is 9.22. The maximum atomic E-state index is 11.5. The molecule has 4 aromatic rings. The lowest BCUT2D eigenvalue weighted by atomic mass is 9.99. The first-order chi connectivity index (χ1) is 15.2. The highest BCUT2D eigenvalue weighted by Gasteiger charge is 2.12. The quantitative estimate of drug-likeness (QED) is 0.420. The SMILES string of the molecule is CC/C=C/c1nc(-c2ccccc2)nn1Cc1ccc(-c2ccccc2C(=O)O)cc1. The summed E-state index contributed by atoms with van der Waals surface area (Å²) in [5.41, 5.74) is 3.92. The molecule has 0 aliphatic carbocycles. The van der Waals surface area contributed by atoms with Crippen LogP contribution < -0.4 is 0 Å². The Kier molecular flexibility index (Phi) is 6.03. The Morgan fingerprint density at radius 1 is 0.935 bits per heavy atom. The maximum absolute atomic E-state index is 11.5. The van der Waals surface area contributed by atoms with Crippen molar-refractivity contribution in [1.82, 2.24) is 14.8 Å².